The third kappa shape index (κ3) is 2.52. The van der Waals surface area contributed by atoms with E-state index < -0.39 is 0 Å². The number of aromatic nitrogens is 1. The summed E-state index contributed by atoms with van der Waals surface area (Å²) in [4.78, 5) is 17.7. The number of pyridine rings is 1. The molecule has 0 spiro atoms. The van der Waals surface area contributed by atoms with Gasteiger partial charge in [0.2, 0.25) is 5.91 Å². The number of likely N-dealkylation sites (tertiary alicyclic amines) is 1. The summed E-state index contributed by atoms with van der Waals surface area (Å²) >= 11 is 0. The topological polar surface area (TPSA) is 42.4 Å². The second-order valence-electron chi connectivity index (χ2n) is 4.66. The van der Waals surface area contributed by atoms with Gasteiger partial charge in [-0.3, -0.25) is 9.78 Å². The van der Waals surface area contributed by atoms with Crippen molar-refractivity contribution in [3.63, 3.8) is 0 Å². The number of benzene rings is 1. The van der Waals surface area contributed by atoms with Crippen LogP contribution >= 0.6 is 0 Å². The Morgan fingerprint density at radius 2 is 2.16 bits per heavy atom. The fourth-order valence-electron chi connectivity index (χ4n) is 2.40. The summed E-state index contributed by atoms with van der Waals surface area (Å²) in [6, 6.07) is 9.81. The molecule has 0 aliphatic carbocycles. The van der Waals surface area contributed by atoms with Crippen LogP contribution in [0, 0.1) is 0 Å². The van der Waals surface area contributed by atoms with E-state index in [-0.39, 0.29) is 5.91 Å². The van der Waals surface area contributed by atoms with Crippen LogP contribution in [0.15, 0.2) is 36.5 Å². The summed E-state index contributed by atoms with van der Waals surface area (Å²) in [5.41, 5.74) is 0.873. The third-order valence-corrected chi connectivity index (χ3v) is 3.39. The number of amides is 1. The Morgan fingerprint density at radius 3 is 3.00 bits per heavy atom. The van der Waals surface area contributed by atoms with Crippen LogP contribution in [0.1, 0.15) is 12.8 Å². The second kappa shape index (κ2) is 5.26. The lowest BCUT2D eigenvalue weighted by atomic mass is 10.2. The first kappa shape index (κ1) is 12.0. The zero-order valence-corrected chi connectivity index (χ0v) is 10.7. The second-order valence-corrected chi connectivity index (χ2v) is 4.66. The molecular weight excluding hydrogens is 240 g/mol. The fraction of sp³-hybridized carbons (Fsp3) is 0.333. The molecular formula is C15H16N2O2. The first-order chi connectivity index (χ1) is 9.34. The van der Waals surface area contributed by atoms with E-state index in [1.54, 1.807) is 6.20 Å². The van der Waals surface area contributed by atoms with Gasteiger partial charge in [-0.25, -0.2) is 0 Å². The summed E-state index contributed by atoms with van der Waals surface area (Å²) in [6.45, 7) is 2.03. The molecule has 1 fully saturated rings. The van der Waals surface area contributed by atoms with Crippen LogP contribution in [-0.2, 0) is 4.79 Å². The summed E-state index contributed by atoms with van der Waals surface area (Å²) in [6.07, 6.45) is 3.41. The molecule has 3 rings (SSSR count). The van der Waals surface area contributed by atoms with Crippen LogP contribution in [0.2, 0.25) is 0 Å². The summed E-state index contributed by atoms with van der Waals surface area (Å²) < 4.78 is 5.77. The molecule has 4 heteroatoms. The number of carbonyl (C=O) groups is 1. The largest absolute Gasteiger partial charge is 0.489 e. The van der Waals surface area contributed by atoms with E-state index in [4.69, 9.17) is 4.74 Å². The molecule has 2 heterocycles. The molecule has 19 heavy (non-hydrogen) atoms. The highest BCUT2D eigenvalue weighted by molar-refractivity contribution is 5.84. The van der Waals surface area contributed by atoms with Crippen LogP contribution in [-0.4, -0.2) is 35.5 Å². The number of nitrogens with zero attached hydrogens (tertiary/aromatic N) is 2. The number of carbonyl (C=O) groups excluding carboxylic acids is 1. The molecule has 0 saturated carbocycles. The Labute approximate surface area is 112 Å². The minimum absolute atomic E-state index is 0.236. The highest BCUT2D eigenvalue weighted by atomic mass is 16.5. The highest BCUT2D eigenvalue weighted by Crippen LogP contribution is 2.22. The van der Waals surface area contributed by atoms with Crippen LogP contribution in [0.25, 0.3) is 10.9 Å². The van der Waals surface area contributed by atoms with Crippen molar-refractivity contribution in [3.8, 4) is 5.75 Å². The SMILES string of the molecule is O=C1CCCN1CCOc1cccc2cccnc12. The normalized spacial score (nSPS) is 15.2. The molecule has 1 saturated heterocycles. The molecule has 0 atom stereocenters. The van der Waals surface area contributed by atoms with Crippen molar-refractivity contribution in [3.05, 3.63) is 36.5 Å². The van der Waals surface area contributed by atoms with Gasteiger partial charge >= 0.3 is 0 Å². The number of fused-ring (bicyclic) bond motifs is 1. The van der Waals surface area contributed by atoms with Crippen LogP contribution in [0.3, 0.4) is 0 Å². The lowest BCUT2D eigenvalue weighted by molar-refractivity contribution is -0.128. The van der Waals surface area contributed by atoms with Gasteiger partial charge in [0.1, 0.15) is 17.9 Å². The van der Waals surface area contributed by atoms with Crippen LogP contribution < -0.4 is 4.74 Å². The lowest BCUT2D eigenvalue weighted by Crippen LogP contribution is -2.29. The number of hydrogen-bond donors (Lipinski definition) is 0. The Bertz CT molecular complexity index is 592. The Balaban J connectivity index is 1.67. The average Bonchev–Trinajstić information content (AvgIpc) is 2.85. The quantitative estimate of drug-likeness (QED) is 0.842. The first-order valence-corrected chi connectivity index (χ1v) is 6.59. The minimum atomic E-state index is 0.236. The molecule has 2 aromatic rings. The van der Waals surface area contributed by atoms with E-state index in [2.05, 4.69) is 4.98 Å². The van der Waals surface area contributed by atoms with E-state index >= 15 is 0 Å². The van der Waals surface area contributed by atoms with Crippen molar-refractivity contribution in [2.75, 3.05) is 19.7 Å². The van der Waals surface area contributed by atoms with Gasteiger partial charge < -0.3 is 9.64 Å². The molecule has 98 valence electrons. The third-order valence-electron chi connectivity index (χ3n) is 3.39. The molecule has 1 amide bonds. The van der Waals surface area contributed by atoms with Gasteiger partial charge in [-0.2, -0.15) is 0 Å². The first-order valence-electron chi connectivity index (χ1n) is 6.59. The number of rotatable bonds is 4. The fourth-order valence-corrected chi connectivity index (χ4v) is 2.40. The van der Waals surface area contributed by atoms with Crippen molar-refractivity contribution in [1.82, 2.24) is 9.88 Å². The number of hydrogen-bond acceptors (Lipinski definition) is 3. The molecule has 0 radical (unpaired) electrons. The van der Waals surface area contributed by atoms with Gasteiger partial charge in [-0.1, -0.05) is 18.2 Å². The van der Waals surface area contributed by atoms with Crippen LogP contribution in [0.4, 0.5) is 0 Å². The predicted octanol–water partition coefficient (Wildman–Crippen LogP) is 2.24. The molecule has 0 bridgehead atoms. The van der Waals surface area contributed by atoms with Gasteiger partial charge in [-0.15, -0.1) is 0 Å². The van der Waals surface area contributed by atoms with Crippen molar-refractivity contribution in [1.29, 1.82) is 0 Å². The van der Waals surface area contributed by atoms with Crippen molar-refractivity contribution in [2.45, 2.75) is 12.8 Å². The van der Waals surface area contributed by atoms with Gasteiger partial charge in [0.25, 0.3) is 0 Å². The summed E-state index contributed by atoms with van der Waals surface area (Å²) in [5, 5.41) is 1.07. The van der Waals surface area contributed by atoms with E-state index in [1.165, 1.54) is 0 Å². The maximum Gasteiger partial charge on any atom is 0.222 e. The Kier molecular flexibility index (Phi) is 3.31. The molecule has 4 nitrogen and oxygen atoms in total. The zero-order valence-electron chi connectivity index (χ0n) is 10.7. The zero-order chi connectivity index (χ0) is 13.1. The van der Waals surface area contributed by atoms with E-state index in [0.717, 1.165) is 29.6 Å². The molecule has 1 aromatic carbocycles. The van der Waals surface area contributed by atoms with E-state index in [9.17, 15) is 4.79 Å². The predicted molar refractivity (Wildman–Crippen MR) is 73.1 cm³/mol. The monoisotopic (exact) mass is 256 g/mol. The molecule has 1 aliphatic heterocycles. The molecule has 0 N–H and O–H groups in total. The molecule has 0 unspecified atom stereocenters. The van der Waals surface area contributed by atoms with Crippen molar-refractivity contribution < 1.29 is 9.53 Å². The number of ether oxygens (including phenoxy) is 1. The summed E-state index contributed by atoms with van der Waals surface area (Å²) in [7, 11) is 0. The van der Waals surface area contributed by atoms with Gasteiger partial charge in [0, 0.05) is 24.5 Å². The van der Waals surface area contributed by atoms with E-state index in [0.29, 0.717) is 19.6 Å². The Hall–Kier alpha value is -2.10. The van der Waals surface area contributed by atoms with E-state index in [1.807, 2.05) is 35.2 Å². The van der Waals surface area contributed by atoms with Gasteiger partial charge in [0.15, 0.2) is 0 Å². The molecule has 1 aromatic heterocycles. The number of para-hydroxylation sites is 1. The standard InChI is InChI=1S/C15H16N2O2/c18-14-7-3-9-17(14)10-11-19-13-6-1-4-12-5-2-8-16-15(12)13/h1-2,4-6,8H,3,7,9-11H2. The van der Waals surface area contributed by atoms with Gasteiger partial charge in [-0.05, 0) is 18.6 Å². The molecule has 1 aliphatic rings. The smallest absolute Gasteiger partial charge is 0.222 e. The minimum Gasteiger partial charge on any atom is -0.489 e. The summed E-state index contributed by atoms with van der Waals surface area (Å²) in [5.74, 6) is 1.02. The lowest BCUT2D eigenvalue weighted by Gasteiger charge is -2.16. The average molecular weight is 256 g/mol. The highest BCUT2D eigenvalue weighted by Gasteiger charge is 2.19. The van der Waals surface area contributed by atoms with Crippen molar-refractivity contribution in [2.24, 2.45) is 0 Å². The van der Waals surface area contributed by atoms with Crippen LogP contribution in [0.5, 0.6) is 5.75 Å². The van der Waals surface area contributed by atoms with Crippen molar-refractivity contribution >= 4 is 16.8 Å². The maximum atomic E-state index is 11.5. The maximum absolute atomic E-state index is 11.5. The van der Waals surface area contributed by atoms with Gasteiger partial charge in [0.05, 0.1) is 6.54 Å². The Morgan fingerprint density at radius 1 is 1.26 bits per heavy atom.